The maximum Gasteiger partial charge on any atom is 0.312 e. The Morgan fingerprint density at radius 2 is 0.632 bits per heavy atom. The van der Waals surface area contributed by atoms with Crippen molar-refractivity contribution in [2.45, 2.75) is 305 Å². The summed E-state index contributed by atoms with van der Waals surface area (Å²) < 4.78 is 23.5. The maximum atomic E-state index is 12.4. The summed E-state index contributed by atoms with van der Waals surface area (Å²) in [6.45, 7) is 19.4. The van der Waals surface area contributed by atoms with Gasteiger partial charge in [-0.2, -0.15) is 0 Å². The average Bonchev–Trinajstić information content (AvgIpc) is 3.30. The Labute approximate surface area is 454 Å². The molecule has 16 saturated carbocycles. The molecule has 6 N–H and O–H groups in total. The molecule has 16 fully saturated rings. The summed E-state index contributed by atoms with van der Waals surface area (Å²) in [6, 6.07) is 0. The number of carbonyl (C=O) groups excluding carboxylic acids is 4. The third kappa shape index (κ3) is 11.9. The third-order valence-corrected chi connectivity index (χ3v) is 22.0. The molecule has 10 atom stereocenters. The lowest BCUT2D eigenvalue weighted by Gasteiger charge is -2.62. The molecule has 0 radical (unpaired) electrons. The Kier molecular flexibility index (Phi) is 15.1. The van der Waals surface area contributed by atoms with Crippen LogP contribution in [0.15, 0.2) is 0 Å². The number of esters is 4. The van der Waals surface area contributed by atoms with Crippen LogP contribution in [0.1, 0.15) is 249 Å². The van der Waals surface area contributed by atoms with Gasteiger partial charge in [0.05, 0.1) is 56.3 Å². The average molecular weight is 1070 g/mol. The Hall–Kier alpha value is -2.36. The second kappa shape index (κ2) is 19.7. The van der Waals surface area contributed by atoms with Gasteiger partial charge in [0.15, 0.2) is 0 Å². The quantitative estimate of drug-likeness (QED) is 0.0791. The smallest absolute Gasteiger partial charge is 0.312 e. The van der Waals surface area contributed by atoms with E-state index in [0.717, 1.165) is 116 Å². The molecule has 0 aromatic heterocycles. The highest BCUT2D eigenvalue weighted by atomic mass is 16.6. The second-order valence-corrected chi connectivity index (χ2v) is 30.7. The van der Waals surface area contributed by atoms with Crippen molar-refractivity contribution < 1.29 is 68.8 Å². The van der Waals surface area contributed by atoms with Crippen LogP contribution >= 0.6 is 0 Å². The highest BCUT2D eigenvalue weighted by Crippen LogP contribution is 2.64. The molecule has 76 heavy (non-hydrogen) atoms. The van der Waals surface area contributed by atoms with E-state index < -0.39 is 55.6 Å². The number of hydrogen-bond acceptors (Lipinski definition) is 14. The number of hydrogen-bond donors (Lipinski definition) is 6. The predicted octanol–water partition coefficient (Wildman–Crippen LogP) is 9.65. The fraction of sp³-hybridized carbons (Fsp3) is 0.935. The molecule has 432 valence electrons. The predicted molar refractivity (Wildman–Crippen MR) is 284 cm³/mol. The van der Waals surface area contributed by atoms with Crippen LogP contribution in [0.3, 0.4) is 0 Å². The van der Waals surface area contributed by atoms with Crippen LogP contribution in [-0.2, 0) is 38.1 Å². The largest absolute Gasteiger partial charge is 0.459 e. The van der Waals surface area contributed by atoms with Gasteiger partial charge in [0.25, 0.3) is 0 Å². The van der Waals surface area contributed by atoms with E-state index >= 15 is 0 Å². The van der Waals surface area contributed by atoms with Crippen LogP contribution in [0.2, 0.25) is 0 Å². The van der Waals surface area contributed by atoms with Gasteiger partial charge in [0.2, 0.25) is 0 Å². The SMILES string of the molecule is CCC(C)(C)C(=O)OC12CC3CC(CC(O)(C3)C1)C2.CCC(C)(C)C(=O)OC12CC3CC(O)(CC(O)(C3)C1)C2.CCC(C)C(=O)OC12CC3CC(CC(O)(C3)C1)C2.CCC(C)C(=O)OC12CC3CC(O)(CC(O)(C3)C1)C2. The van der Waals surface area contributed by atoms with Crippen molar-refractivity contribution in [3.8, 4) is 0 Å². The molecule has 14 nitrogen and oxygen atoms in total. The molecule has 0 saturated heterocycles. The summed E-state index contributed by atoms with van der Waals surface area (Å²) in [5.74, 6) is 2.16. The Morgan fingerprint density at radius 3 is 0.921 bits per heavy atom. The van der Waals surface area contributed by atoms with Crippen LogP contribution in [-0.4, -0.2) is 111 Å². The summed E-state index contributed by atoms with van der Waals surface area (Å²) in [5.41, 5.74) is -7.32. The molecule has 16 bridgehead atoms. The summed E-state index contributed by atoms with van der Waals surface area (Å²) in [4.78, 5) is 48.9. The van der Waals surface area contributed by atoms with Gasteiger partial charge in [0.1, 0.15) is 22.4 Å². The zero-order valence-electron chi connectivity index (χ0n) is 48.4. The van der Waals surface area contributed by atoms with Gasteiger partial charge < -0.3 is 49.6 Å². The minimum absolute atomic E-state index is 0.0207. The molecule has 0 aromatic rings. The first-order chi connectivity index (χ1) is 35.1. The molecule has 0 aromatic carbocycles. The number of carbonyl (C=O) groups is 4. The van der Waals surface area contributed by atoms with Crippen molar-refractivity contribution >= 4 is 23.9 Å². The molecule has 0 spiro atoms. The first kappa shape index (κ1) is 58.3. The van der Waals surface area contributed by atoms with Crippen LogP contribution in [0, 0.1) is 58.2 Å². The van der Waals surface area contributed by atoms with E-state index in [4.69, 9.17) is 18.9 Å². The van der Waals surface area contributed by atoms with Crippen molar-refractivity contribution in [3.63, 3.8) is 0 Å². The number of aliphatic hydroxyl groups is 6. The molecule has 14 heteroatoms. The van der Waals surface area contributed by atoms with E-state index in [1.54, 1.807) is 0 Å². The molecule has 0 aliphatic heterocycles. The summed E-state index contributed by atoms with van der Waals surface area (Å²) in [7, 11) is 0. The molecule has 0 amide bonds. The van der Waals surface area contributed by atoms with Crippen LogP contribution in [0.25, 0.3) is 0 Å². The Bertz CT molecular complexity index is 2150. The Morgan fingerprint density at radius 1 is 0.382 bits per heavy atom. The monoisotopic (exact) mass is 1070 g/mol. The summed E-state index contributed by atoms with van der Waals surface area (Å²) in [5, 5.41) is 63.7. The fourth-order valence-electron chi connectivity index (χ4n) is 19.1. The number of rotatable bonds is 12. The van der Waals surface area contributed by atoms with Gasteiger partial charge in [-0.15, -0.1) is 0 Å². The topological polar surface area (TPSA) is 227 Å². The molecule has 10 unspecified atom stereocenters. The van der Waals surface area contributed by atoms with Gasteiger partial charge in [-0.3, -0.25) is 19.2 Å². The van der Waals surface area contributed by atoms with Crippen LogP contribution in [0.4, 0.5) is 0 Å². The van der Waals surface area contributed by atoms with Crippen molar-refractivity contribution in [2.75, 3.05) is 0 Å². The van der Waals surface area contributed by atoms with Crippen molar-refractivity contribution in [2.24, 2.45) is 58.2 Å². The molecule has 16 aliphatic rings. The second-order valence-electron chi connectivity index (χ2n) is 30.7. The summed E-state index contributed by atoms with van der Waals surface area (Å²) in [6.07, 6.45) is 21.9. The molecule has 0 heterocycles. The van der Waals surface area contributed by atoms with Gasteiger partial charge >= 0.3 is 23.9 Å². The van der Waals surface area contributed by atoms with Crippen molar-refractivity contribution in [1.82, 2.24) is 0 Å². The lowest BCUT2D eigenvalue weighted by Crippen LogP contribution is -2.67. The zero-order valence-corrected chi connectivity index (χ0v) is 48.4. The van der Waals surface area contributed by atoms with E-state index in [0.29, 0.717) is 75.0 Å². The first-order valence-electron chi connectivity index (χ1n) is 30.3. The van der Waals surface area contributed by atoms with E-state index in [1.165, 1.54) is 12.8 Å². The molecule has 16 rings (SSSR count). The van der Waals surface area contributed by atoms with E-state index in [2.05, 4.69) is 0 Å². The maximum absolute atomic E-state index is 12.4. The van der Waals surface area contributed by atoms with Crippen LogP contribution in [0.5, 0.6) is 0 Å². The van der Waals surface area contributed by atoms with E-state index in [1.807, 2.05) is 69.2 Å². The standard InChI is InChI=1S/C16H26O4.C16H26O3.C15H24O4.C15H24O3/c1-4-13(2,3)12(17)20-16-7-11-5-14(18,9-16)8-15(19,6-11)10-16;1-4-14(2,3)13(17)19-16-8-11-5-12(9-16)7-15(18,6-11)10-16;1-3-10(2)12(16)19-15-6-11-4-13(17,8-15)7-14(18,5-11)9-15;1-3-10(2)13(16)18-15-7-11-4-12(8-15)6-14(17,5-11)9-15/h11,18-19H,4-10H2,1-3H3;11-12,18H,4-10H2,1-3H3;10-11,17-18H,3-9H2,1-2H3;10-12,17H,3-9H2,1-2H3. The first-order valence-corrected chi connectivity index (χ1v) is 30.3. The lowest BCUT2D eigenvalue weighted by atomic mass is 9.50. The number of ether oxygens (including phenoxy) is 4. The summed E-state index contributed by atoms with van der Waals surface area (Å²) >= 11 is 0. The van der Waals surface area contributed by atoms with Crippen molar-refractivity contribution in [1.29, 1.82) is 0 Å². The Balaban J connectivity index is 0.000000124. The van der Waals surface area contributed by atoms with Crippen LogP contribution < -0.4 is 0 Å². The minimum Gasteiger partial charge on any atom is -0.459 e. The van der Waals surface area contributed by atoms with Gasteiger partial charge in [0, 0.05) is 51.4 Å². The minimum atomic E-state index is -0.842. The molecule has 16 aliphatic carbocycles. The van der Waals surface area contributed by atoms with Gasteiger partial charge in [-0.25, -0.2) is 0 Å². The normalized spacial score (nSPS) is 46.8. The lowest BCUT2D eigenvalue weighted by molar-refractivity contribution is -0.265. The highest BCUT2D eigenvalue weighted by Gasteiger charge is 2.67. The third-order valence-electron chi connectivity index (χ3n) is 22.0. The molecular formula is C62H100O14. The fourth-order valence-corrected chi connectivity index (χ4v) is 19.1. The van der Waals surface area contributed by atoms with Gasteiger partial charge in [-0.1, -0.05) is 41.5 Å². The van der Waals surface area contributed by atoms with E-state index in [-0.39, 0.29) is 58.8 Å². The van der Waals surface area contributed by atoms with E-state index in [9.17, 15) is 49.8 Å². The highest BCUT2D eigenvalue weighted by molar-refractivity contribution is 5.77. The molecular weight excluding hydrogens is 969 g/mol. The van der Waals surface area contributed by atoms with Crippen molar-refractivity contribution in [3.05, 3.63) is 0 Å². The van der Waals surface area contributed by atoms with Gasteiger partial charge in [-0.05, 0) is 192 Å². The zero-order chi connectivity index (χ0) is 55.6.